The highest BCUT2D eigenvalue weighted by atomic mass is 14.6. The molecule has 0 spiro atoms. The Morgan fingerprint density at radius 2 is 1.45 bits per heavy atom. The monoisotopic (exact) mass is 154 g/mol. The molecule has 0 heteroatoms. The Morgan fingerprint density at radius 3 is 1.55 bits per heavy atom. The predicted octanol–water partition coefficient (Wildman–Crippen LogP) is 3.71. The van der Waals surface area contributed by atoms with Crippen LogP contribution < -0.4 is 0 Å². The summed E-state index contributed by atoms with van der Waals surface area (Å²) in [6, 6.07) is 0. The molecular formula is C11H22. The Bertz CT molecular complexity index is 125. The topological polar surface area (TPSA) is 0 Å². The second-order valence-corrected chi connectivity index (χ2v) is 4.46. The van der Waals surface area contributed by atoms with Gasteiger partial charge in [-0.05, 0) is 23.2 Å². The quantitative estimate of drug-likeness (QED) is 0.581. The molecule has 0 radical (unpaired) electrons. The molecule has 1 saturated carbocycles. The van der Waals surface area contributed by atoms with Gasteiger partial charge in [0.2, 0.25) is 0 Å². The zero-order valence-corrected chi connectivity index (χ0v) is 8.65. The van der Waals surface area contributed by atoms with E-state index in [2.05, 4.69) is 34.6 Å². The lowest BCUT2D eigenvalue weighted by Crippen LogP contribution is -2.13. The summed E-state index contributed by atoms with van der Waals surface area (Å²) in [5, 5.41) is 0. The van der Waals surface area contributed by atoms with Crippen molar-refractivity contribution in [2.24, 2.45) is 23.2 Å². The van der Waals surface area contributed by atoms with Gasteiger partial charge in [-0.1, -0.05) is 47.5 Å². The Balaban J connectivity index is 2.59. The van der Waals surface area contributed by atoms with Crippen LogP contribution in [0.15, 0.2) is 0 Å². The molecule has 0 N–H and O–H groups in total. The number of hydrogen-bond acceptors (Lipinski definition) is 0. The van der Waals surface area contributed by atoms with E-state index in [1.165, 1.54) is 12.8 Å². The molecule has 0 bridgehead atoms. The summed E-state index contributed by atoms with van der Waals surface area (Å²) in [7, 11) is 0. The minimum absolute atomic E-state index is 0.684. The summed E-state index contributed by atoms with van der Waals surface area (Å²) in [4.78, 5) is 0. The fourth-order valence-electron chi connectivity index (χ4n) is 2.93. The van der Waals surface area contributed by atoms with Gasteiger partial charge in [0, 0.05) is 0 Å². The minimum Gasteiger partial charge on any atom is -0.0651 e. The molecule has 0 saturated heterocycles. The van der Waals surface area contributed by atoms with Gasteiger partial charge in [-0.2, -0.15) is 0 Å². The largest absolute Gasteiger partial charge is 0.0651 e. The van der Waals surface area contributed by atoms with E-state index in [4.69, 9.17) is 0 Å². The lowest BCUT2D eigenvalue weighted by molar-refractivity contribution is 0.277. The Kier molecular flexibility index (Phi) is 2.32. The molecular weight excluding hydrogens is 132 g/mol. The molecule has 2 unspecified atom stereocenters. The van der Waals surface area contributed by atoms with Crippen molar-refractivity contribution in [1.29, 1.82) is 0 Å². The van der Waals surface area contributed by atoms with Gasteiger partial charge in [-0.15, -0.1) is 0 Å². The van der Waals surface area contributed by atoms with Gasteiger partial charge < -0.3 is 0 Å². The summed E-state index contributed by atoms with van der Waals surface area (Å²) in [6.45, 7) is 11.9. The van der Waals surface area contributed by atoms with Gasteiger partial charge in [0.05, 0.1) is 0 Å². The van der Waals surface area contributed by atoms with Crippen molar-refractivity contribution >= 4 is 0 Å². The van der Waals surface area contributed by atoms with E-state index in [-0.39, 0.29) is 0 Å². The molecule has 1 fully saturated rings. The zero-order chi connectivity index (χ0) is 8.65. The smallest absolute Gasteiger partial charge is 0.0241 e. The Labute approximate surface area is 71.4 Å². The SMILES string of the molecule is CCC(CC)C1(C)C(C)C1C. The van der Waals surface area contributed by atoms with Gasteiger partial charge >= 0.3 is 0 Å². The first-order chi connectivity index (χ1) is 5.08. The molecule has 1 aliphatic carbocycles. The molecule has 0 aromatic rings. The standard InChI is InChI=1S/C11H22/c1-6-10(7-2)11(5)8(3)9(11)4/h8-10H,6-7H2,1-5H3. The molecule has 1 aliphatic rings. The second kappa shape index (κ2) is 2.80. The zero-order valence-electron chi connectivity index (χ0n) is 8.65. The molecule has 0 aromatic heterocycles. The molecule has 0 amide bonds. The first-order valence-electron chi connectivity index (χ1n) is 5.08. The molecule has 0 nitrogen and oxygen atoms in total. The van der Waals surface area contributed by atoms with Crippen LogP contribution in [0.2, 0.25) is 0 Å². The molecule has 11 heavy (non-hydrogen) atoms. The van der Waals surface area contributed by atoms with Gasteiger partial charge in [0.25, 0.3) is 0 Å². The van der Waals surface area contributed by atoms with Crippen LogP contribution in [0.1, 0.15) is 47.5 Å². The van der Waals surface area contributed by atoms with Crippen LogP contribution in [0.4, 0.5) is 0 Å². The first kappa shape index (κ1) is 9.09. The average Bonchev–Trinajstić information content (AvgIpc) is 2.45. The van der Waals surface area contributed by atoms with Crippen LogP contribution >= 0.6 is 0 Å². The van der Waals surface area contributed by atoms with Crippen LogP contribution in [0.3, 0.4) is 0 Å². The Morgan fingerprint density at radius 1 is 1.09 bits per heavy atom. The highest BCUT2D eigenvalue weighted by Crippen LogP contribution is 2.63. The van der Waals surface area contributed by atoms with E-state index in [9.17, 15) is 0 Å². The molecule has 66 valence electrons. The second-order valence-electron chi connectivity index (χ2n) is 4.46. The van der Waals surface area contributed by atoms with Crippen LogP contribution in [0.25, 0.3) is 0 Å². The van der Waals surface area contributed by atoms with Gasteiger partial charge in [0.1, 0.15) is 0 Å². The maximum Gasteiger partial charge on any atom is -0.0241 e. The van der Waals surface area contributed by atoms with Crippen molar-refractivity contribution in [2.75, 3.05) is 0 Å². The van der Waals surface area contributed by atoms with E-state index in [1.807, 2.05) is 0 Å². The van der Waals surface area contributed by atoms with E-state index in [0.29, 0.717) is 5.41 Å². The summed E-state index contributed by atoms with van der Waals surface area (Å²) < 4.78 is 0. The lowest BCUT2D eigenvalue weighted by atomic mass is 9.83. The summed E-state index contributed by atoms with van der Waals surface area (Å²) >= 11 is 0. The van der Waals surface area contributed by atoms with E-state index in [0.717, 1.165) is 17.8 Å². The van der Waals surface area contributed by atoms with E-state index >= 15 is 0 Å². The van der Waals surface area contributed by atoms with Crippen LogP contribution in [0, 0.1) is 23.2 Å². The first-order valence-corrected chi connectivity index (χ1v) is 5.08. The molecule has 0 aromatic carbocycles. The van der Waals surface area contributed by atoms with Crippen LogP contribution in [0.5, 0.6) is 0 Å². The lowest BCUT2D eigenvalue weighted by Gasteiger charge is -2.22. The van der Waals surface area contributed by atoms with Crippen molar-refractivity contribution in [2.45, 2.75) is 47.5 Å². The van der Waals surface area contributed by atoms with Crippen molar-refractivity contribution in [3.63, 3.8) is 0 Å². The third kappa shape index (κ3) is 1.11. The van der Waals surface area contributed by atoms with Gasteiger partial charge in [-0.25, -0.2) is 0 Å². The highest BCUT2D eigenvalue weighted by molar-refractivity contribution is 5.05. The summed E-state index contributed by atoms with van der Waals surface area (Å²) in [5.41, 5.74) is 0.684. The van der Waals surface area contributed by atoms with Crippen molar-refractivity contribution < 1.29 is 0 Å². The third-order valence-electron chi connectivity index (χ3n) is 4.47. The maximum atomic E-state index is 2.47. The fourth-order valence-corrected chi connectivity index (χ4v) is 2.93. The summed E-state index contributed by atoms with van der Waals surface area (Å²) in [6.07, 6.45) is 2.73. The van der Waals surface area contributed by atoms with Gasteiger partial charge in [0.15, 0.2) is 0 Å². The molecule has 0 heterocycles. The fraction of sp³-hybridized carbons (Fsp3) is 1.00. The minimum atomic E-state index is 0.684. The number of hydrogen-bond donors (Lipinski definition) is 0. The number of rotatable bonds is 3. The van der Waals surface area contributed by atoms with Gasteiger partial charge in [-0.3, -0.25) is 0 Å². The van der Waals surface area contributed by atoms with Crippen molar-refractivity contribution in [3.8, 4) is 0 Å². The molecule has 2 atom stereocenters. The normalized spacial score (nSPS) is 43.1. The highest BCUT2D eigenvalue weighted by Gasteiger charge is 2.57. The van der Waals surface area contributed by atoms with Crippen molar-refractivity contribution in [3.05, 3.63) is 0 Å². The molecule has 1 rings (SSSR count). The summed E-state index contributed by atoms with van der Waals surface area (Å²) in [5.74, 6) is 2.90. The third-order valence-corrected chi connectivity index (χ3v) is 4.47. The average molecular weight is 154 g/mol. The molecule has 0 aliphatic heterocycles. The van der Waals surface area contributed by atoms with E-state index < -0.39 is 0 Å². The van der Waals surface area contributed by atoms with Crippen molar-refractivity contribution in [1.82, 2.24) is 0 Å². The van der Waals surface area contributed by atoms with Crippen LogP contribution in [-0.4, -0.2) is 0 Å². The van der Waals surface area contributed by atoms with E-state index in [1.54, 1.807) is 0 Å². The van der Waals surface area contributed by atoms with Crippen LogP contribution in [-0.2, 0) is 0 Å². The Hall–Kier alpha value is 0. The predicted molar refractivity (Wildman–Crippen MR) is 50.5 cm³/mol. The maximum absolute atomic E-state index is 2.47.